The molecule has 1 aliphatic heterocycles. The Morgan fingerprint density at radius 3 is 2.21 bits per heavy atom. The predicted octanol–water partition coefficient (Wildman–Crippen LogP) is 7.86. The first-order valence-corrected chi connectivity index (χ1v) is 24.2. The van der Waals surface area contributed by atoms with Gasteiger partial charge in [-0.05, 0) is 103 Å². The van der Waals surface area contributed by atoms with Gasteiger partial charge in [-0.2, -0.15) is 0 Å². The van der Waals surface area contributed by atoms with Gasteiger partial charge in [-0.15, -0.1) is 22.9 Å². The molecule has 0 radical (unpaired) electrons. The van der Waals surface area contributed by atoms with Crippen LogP contribution < -0.4 is 30.3 Å². The third kappa shape index (κ3) is 14.4. The van der Waals surface area contributed by atoms with Crippen LogP contribution in [0.25, 0.3) is 10.4 Å². The van der Waals surface area contributed by atoms with Crippen LogP contribution in [0.3, 0.4) is 0 Å². The molecule has 4 N–H and O–H groups in total. The number of nitrogens with one attached hydrogen (secondary N) is 3. The molecular formula is C52H61ClN6O8S. The lowest BCUT2D eigenvalue weighted by Crippen LogP contribution is -2.57. The Hall–Kier alpha value is -6.29. The number of aryl methyl sites for hydroxylation is 2. The Balaban J connectivity index is 0.883. The van der Waals surface area contributed by atoms with Crippen molar-refractivity contribution in [2.24, 2.45) is 5.41 Å². The fraction of sp³-hybridized carbons (Fsp3) is 0.385. The maximum Gasteiger partial charge on any atom is 0.246 e. The summed E-state index contributed by atoms with van der Waals surface area (Å²) >= 11 is 7.48. The summed E-state index contributed by atoms with van der Waals surface area (Å²) < 4.78 is 11.9. The van der Waals surface area contributed by atoms with Crippen LogP contribution in [-0.2, 0) is 37.1 Å². The molecule has 3 unspecified atom stereocenters. The molecule has 0 aliphatic carbocycles. The average molecular weight is 966 g/mol. The first-order valence-electron chi connectivity index (χ1n) is 22.8. The molecule has 1 saturated heterocycles. The summed E-state index contributed by atoms with van der Waals surface area (Å²) in [5, 5.41) is 19.2. The van der Waals surface area contributed by atoms with Crippen molar-refractivity contribution in [3.63, 3.8) is 0 Å². The Morgan fingerprint density at radius 1 is 0.882 bits per heavy atom. The number of thiazole rings is 1. The number of amides is 5. The van der Waals surface area contributed by atoms with E-state index in [2.05, 4.69) is 27.0 Å². The van der Waals surface area contributed by atoms with E-state index in [1.54, 1.807) is 40.5 Å². The minimum atomic E-state index is -0.997. The summed E-state index contributed by atoms with van der Waals surface area (Å²) in [6.45, 7) is 10.8. The third-order valence-electron chi connectivity index (χ3n) is 11.6. The number of alkyl halides is 1. The number of aromatic nitrogens is 1. The van der Waals surface area contributed by atoms with Gasteiger partial charge in [0.1, 0.15) is 35.2 Å². The van der Waals surface area contributed by atoms with Crippen LogP contribution in [0.4, 0.5) is 5.69 Å². The number of likely N-dealkylation sites (tertiary alicyclic amines) is 1. The largest absolute Gasteiger partial charge is 0.494 e. The second-order valence-corrected chi connectivity index (χ2v) is 19.1. The smallest absolute Gasteiger partial charge is 0.246 e. The molecule has 360 valence electrons. The highest BCUT2D eigenvalue weighted by molar-refractivity contribution is 7.13. The summed E-state index contributed by atoms with van der Waals surface area (Å²) in [5.41, 5.74) is 6.74. The molecule has 1 aromatic heterocycles. The molecule has 2 heterocycles. The van der Waals surface area contributed by atoms with Crippen molar-refractivity contribution < 1.29 is 38.6 Å². The number of benzene rings is 4. The van der Waals surface area contributed by atoms with Gasteiger partial charge in [0.05, 0.1) is 35.3 Å². The fourth-order valence-electron chi connectivity index (χ4n) is 7.82. The lowest BCUT2D eigenvalue weighted by molar-refractivity contribution is -0.144. The molecular weight excluding hydrogens is 904 g/mol. The fourth-order valence-corrected chi connectivity index (χ4v) is 8.77. The number of nitrogens with zero attached hydrogens (tertiary/aromatic N) is 3. The van der Waals surface area contributed by atoms with Gasteiger partial charge in [0.25, 0.3) is 0 Å². The van der Waals surface area contributed by atoms with Crippen molar-refractivity contribution in [1.29, 1.82) is 0 Å². The molecule has 3 atom stereocenters. The Labute approximate surface area is 407 Å². The standard InChI is InChI=1S/C52H61ClN6O8S/c1-34-27-37(48-35(2)56-33-68-48)13-14-38(34)30-55-50(64)44-28-40(60)32-59(44)51(65)49(52(3,4)5)57-46(62)24-23-45(61)54-25-9-10-26-66-41-19-21-43(22-20-41)67-42-17-15-39(16-18-42)58(47(63)29-53)31-36-11-7-6-8-12-36/h6-8,11-22,27,33,40,44,49,60H,9-10,23-26,28-32H2,1-5H3,(H,54,61)(H,55,64)(H,57,62). The molecule has 16 heteroatoms. The molecule has 4 aromatic carbocycles. The SMILES string of the molecule is Cc1cc(-c2scnc2C)ccc1CNC(=O)C1CC(O)CN1C(=O)C(NC(=O)CCC(=O)NCCCCOc1ccc(Oc2ccc(N(Cc3ccccc3)C(=O)CCl)cc2)cc1)C(C)(C)C. The Morgan fingerprint density at radius 2 is 1.56 bits per heavy atom. The highest BCUT2D eigenvalue weighted by Gasteiger charge is 2.44. The van der Waals surface area contributed by atoms with E-state index in [4.69, 9.17) is 21.1 Å². The summed E-state index contributed by atoms with van der Waals surface area (Å²) in [4.78, 5) is 74.4. The van der Waals surface area contributed by atoms with Crippen molar-refractivity contribution in [1.82, 2.24) is 25.8 Å². The number of aliphatic hydroxyl groups is 1. The normalized spacial score (nSPS) is 15.0. The lowest BCUT2D eigenvalue weighted by Gasteiger charge is -2.35. The second kappa shape index (κ2) is 24.1. The van der Waals surface area contributed by atoms with Gasteiger partial charge in [0.2, 0.25) is 29.5 Å². The van der Waals surface area contributed by atoms with E-state index in [0.29, 0.717) is 55.5 Å². The number of rotatable bonds is 21. The number of hydrogen-bond acceptors (Lipinski definition) is 10. The Kier molecular flexibility index (Phi) is 18.1. The second-order valence-electron chi connectivity index (χ2n) is 18.0. The molecule has 0 saturated carbocycles. The molecule has 68 heavy (non-hydrogen) atoms. The molecule has 5 aromatic rings. The van der Waals surface area contributed by atoms with Crippen LogP contribution in [0.15, 0.2) is 103 Å². The van der Waals surface area contributed by atoms with Gasteiger partial charge in [-0.3, -0.25) is 24.0 Å². The van der Waals surface area contributed by atoms with Gasteiger partial charge in [0.15, 0.2) is 0 Å². The van der Waals surface area contributed by atoms with Gasteiger partial charge in [0, 0.05) is 44.6 Å². The number of unbranched alkanes of at least 4 members (excludes halogenated alkanes) is 1. The summed E-state index contributed by atoms with van der Waals surface area (Å²) in [6, 6.07) is 28.3. The zero-order valence-corrected chi connectivity index (χ0v) is 40.8. The molecule has 5 amide bonds. The van der Waals surface area contributed by atoms with Crippen LogP contribution in [0.2, 0.25) is 0 Å². The third-order valence-corrected chi connectivity index (χ3v) is 12.8. The van der Waals surface area contributed by atoms with Crippen molar-refractivity contribution in [3.05, 3.63) is 125 Å². The highest BCUT2D eigenvalue weighted by atomic mass is 35.5. The number of hydrogen-bond donors (Lipinski definition) is 4. The minimum absolute atomic E-state index is 0.0377. The van der Waals surface area contributed by atoms with Crippen molar-refractivity contribution in [2.75, 3.05) is 30.5 Å². The van der Waals surface area contributed by atoms with Crippen LogP contribution in [-0.4, -0.2) is 88.3 Å². The van der Waals surface area contributed by atoms with Crippen LogP contribution in [0, 0.1) is 19.3 Å². The quantitative estimate of drug-likeness (QED) is 0.0421. The van der Waals surface area contributed by atoms with Crippen LogP contribution in [0.1, 0.15) is 75.3 Å². The van der Waals surface area contributed by atoms with E-state index >= 15 is 0 Å². The first-order chi connectivity index (χ1) is 32.6. The lowest BCUT2D eigenvalue weighted by atomic mass is 9.85. The summed E-state index contributed by atoms with van der Waals surface area (Å²) in [5.74, 6) is -0.0415. The average Bonchev–Trinajstić information content (AvgIpc) is 3.95. The molecule has 0 spiro atoms. The van der Waals surface area contributed by atoms with Gasteiger partial charge in [-0.1, -0.05) is 69.3 Å². The number of aliphatic hydroxyl groups excluding tert-OH is 1. The van der Waals surface area contributed by atoms with E-state index in [-0.39, 0.29) is 56.0 Å². The molecule has 1 fully saturated rings. The van der Waals surface area contributed by atoms with Crippen molar-refractivity contribution in [2.45, 2.75) is 98.0 Å². The van der Waals surface area contributed by atoms with Crippen LogP contribution >= 0.6 is 22.9 Å². The number of β-amino-alcohol motifs (C(OH)–C–C–N with tert-alkyl or cyclic N) is 1. The monoisotopic (exact) mass is 964 g/mol. The predicted molar refractivity (Wildman–Crippen MR) is 265 cm³/mol. The van der Waals surface area contributed by atoms with E-state index in [0.717, 1.165) is 32.8 Å². The number of ether oxygens (including phenoxy) is 2. The maximum atomic E-state index is 14.0. The van der Waals surface area contributed by atoms with E-state index < -0.39 is 35.4 Å². The van der Waals surface area contributed by atoms with Gasteiger partial charge in [-0.25, -0.2) is 4.98 Å². The Bertz CT molecular complexity index is 2500. The highest BCUT2D eigenvalue weighted by Crippen LogP contribution is 2.31. The number of anilines is 1. The topological polar surface area (TPSA) is 179 Å². The molecule has 0 bridgehead atoms. The molecule has 1 aliphatic rings. The maximum absolute atomic E-state index is 14.0. The van der Waals surface area contributed by atoms with Crippen molar-refractivity contribution >= 4 is 58.2 Å². The summed E-state index contributed by atoms with van der Waals surface area (Å²) in [7, 11) is 0. The first kappa shape index (κ1) is 51.1. The van der Waals surface area contributed by atoms with E-state index in [1.165, 1.54) is 4.90 Å². The number of carbonyl (C=O) groups excluding carboxylic acids is 5. The molecule has 14 nitrogen and oxygen atoms in total. The van der Waals surface area contributed by atoms with E-state index in [1.807, 2.05) is 107 Å². The van der Waals surface area contributed by atoms with Gasteiger partial charge >= 0.3 is 0 Å². The number of carbonyl (C=O) groups is 5. The van der Waals surface area contributed by atoms with E-state index in [9.17, 15) is 29.1 Å². The zero-order chi connectivity index (χ0) is 48.8. The summed E-state index contributed by atoms with van der Waals surface area (Å²) in [6.07, 6.45) is 0.327. The van der Waals surface area contributed by atoms with Crippen molar-refractivity contribution in [3.8, 4) is 27.7 Å². The van der Waals surface area contributed by atoms with Gasteiger partial charge < -0.3 is 40.3 Å². The van der Waals surface area contributed by atoms with Crippen LogP contribution in [0.5, 0.6) is 17.2 Å². The minimum Gasteiger partial charge on any atom is -0.494 e. The zero-order valence-electron chi connectivity index (χ0n) is 39.3. The number of halogens is 1. The molecule has 6 rings (SSSR count).